The van der Waals surface area contributed by atoms with Crippen LogP contribution in [-0.2, 0) is 4.74 Å². The summed E-state index contributed by atoms with van der Waals surface area (Å²) in [6, 6.07) is 7.70. The van der Waals surface area contributed by atoms with Crippen LogP contribution >= 0.6 is 24.4 Å². The molecule has 1 aromatic rings. The summed E-state index contributed by atoms with van der Waals surface area (Å²) in [5.74, 6) is 0.0467. The molecule has 19 heavy (non-hydrogen) atoms. The fourth-order valence-electron chi connectivity index (χ4n) is 2.16. The van der Waals surface area contributed by atoms with Crippen molar-refractivity contribution < 1.29 is 9.53 Å². The Balaban J connectivity index is 2.15. The van der Waals surface area contributed by atoms with Crippen molar-refractivity contribution in [2.24, 2.45) is 0 Å². The molecule has 0 aromatic heterocycles. The van der Waals surface area contributed by atoms with Crippen LogP contribution in [-0.4, -0.2) is 48.1 Å². The average Bonchev–Trinajstić information content (AvgIpc) is 2.47. The van der Waals surface area contributed by atoms with Crippen LogP contribution in [0.2, 0.25) is 0 Å². The zero-order valence-corrected chi connectivity index (χ0v) is 13.0. The molecule has 1 saturated heterocycles. The lowest BCUT2D eigenvalue weighted by atomic mass is 10.0. The smallest absolute Gasteiger partial charge is 0.192 e. The second-order valence-electron chi connectivity index (χ2n) is 4.68. The van der Waals surface area contributed by atoms with E-state index in [-0.39, 0.29) is 5.78 Å². The van der Waals surface area contributed by atoms with Gasteiger partial charge in [0.05, 0.1) is 13.2 Å². The maximum Gasteiger partial charge on any atom is 0.192 e. The largest absolute Gasteiger partial charge is 0.379 e. The third-order valence-electron chi connectivity index (χ3n) is 3.41. The van der Waals surface area contributed by atoms with Crippen LogP contribution < -0.4 is 0 Å². The lowest BCUT2D eigenvalue weighted by molar-refractivity contribution is 0.0139. The highest BCUT2D eigenvalue weighted by Gasteiger charge is 2.36. The molecule has 1 aliphatic rings. The van der Waals surface area contributed by atoms with Crippen LogP contribution in [0.15, 0.2) is 29.2 Å². The molecule has 5 heteroatoms. The quantitative estimate of drug-likeness (QED) is 0.525. The predicted molar refractivity (Wildman–Crippen MR) is 82.3 cm³/mol. The Hall–Kier alpha value is -0.490. The summed E-state index contributed by atoms with van der Waals surface area (Å²) < 4.78 is 5.32. The van der Waals surface area contributed by atoms with Gasteiger partial charge in [0.15, 0.2) is 5.78 Å². The molecular formula is C14H19NO2S2. The number of carbonyl (C=O) groups is 1. The molecule has 1 aliphatic heterocycles. The van der Waals surface area contributed by atoms with Crippen molar-refractivity contribution in [1.29, 1.82) is 0 Å². The van der Waals surface area contributed by atoms with Gasteiger partial charge in [-0.1, -0.05) is 12.1 Å². The Bertz CT molecular complexity index is 439. The van der Waals surface area contributed by atoms with Crippen LogP contribution in [0.4, 0.5) is 0 Å². The maximum absolute atomic E-state index is 12.6. The molecule has 0 N–H and O–H groups in total. The molecule has 0 bridgehead atoms. The minimum atomic E-state index is -0.773. The van der Waals surface area contributed by atoms with Crippen molar-refractivity contribution in [2.75, 3.05) is 32.6 Å². The van der Waals surface area contributed by atoms with Crippen LogP contribution in [0.25, 0.3) is 0 Å². The van der Waals surface area contributed by atoms with E-state index in [0.29, 0.717) is 18.8 Å². The van der Waals surface area contributed by atoms with Gasteiger partial charge in [-0.25, -0.2) is 0 Å². The summed E-state index contributed by atoms with van der Waals surface area (Å²) in [6.45, 7) is 4.68. The van der Waals surface area contributed by atoms with Crippen molar-refractivity contribution in [3.05, 3.63) is 29.8 Å². The first-order valence-electron chi connectivity index (χ1n) is 6.29. The molecule has 2 rings (SSSR count). The van der Waals surface area contributed by atoms with Gasteiger partial charge in [-0.15, -0.1) is 24.4 Å². The number of rotatable bonds is 4. The molecule has 0 radical (unpaired) electrons. The van der Waals surface area contributed by atoms with Crippen LogP contribution in [0, 0.1) is 0 Å². The van der Waals surface area contributed by atoms with E-state index in [1.807, 2.05) is 37.4 Å². The molecule has 1 unspecified atom stereocenters. The topological polar surface area (TPSA) is 29.5 Å². The second-order valence-corrected chi connectivity index (χ2v) is 6.43. The number of nitrogens with zero attached hydrogens (tertiary/aromatic N) is 1. The Labute approximate surface area is 124 Å². The van der Waals surface area contributed by atoms with E-state index >= 15 is 0 Å². The third kappa shape index (κ3) is 3.34. The highest BCUT2D eigenvalue weighted by Crippen LogP contribution is 2.27. The maximum atomic E-state index is 12.6. The van der Waals surface area contributed by atoms with Crippen LogP contribution in [0.3, 0.4) is 0 Å². The third-order valence-corrected chi connectivity index (χ3v) is 4.64. The van der Waals surface area contributed by atoms with E-state index in [9.17, 15) is 4.79 Å². The van der Waals surface area contributed by atoms with Gasteiger partial charge < -0.3 is 4.74 Å². The normalized spacial score (nSPS) is 19.9. The Morgan fingerprint density at radius 1 is 1.32 bits per heavy atom. The molecule has 1 fully saturated rings. The Morgan fingerprint density at radius 3 is 2.42 bits per heavy atom. The van der Waals surface area contributed by atoms with E-state index in [1.165, 1.54) is 0 Å². The lowest BCUT2D eigenvalue weighted by Crippen LogP contribution is -2.52. The highest BCUT2D eigenvalue weighted by molar-refractivity contribution is 7.98. The van der Waals surface area contributed by atoms with E-state index < -0.39 is 4.87 Å². The summed E-state index contributed by atoms with van der Waals surface area (Å²) >= 11 is 6.27. The van der Waals surface area contributed by atoms with Crippen molar-refractivity contribution >= 4 is 30.2 Å². The fourth-order valence-corrected chi connectivity index (χ4v) is 2.90. The van der Waals surface area contributed by atoms with Gasteiger partial charge in [0.1, 0.15) is 4.87 Å². The molecule has 1 aromatic carbocycles. The Morgan fingerprint density at radius 2 is 1.89 bits per heavy atom. The van der Waals surface area contributed by atoms with E-state index in [1.54, 1.807) is 11.8 Å². The molecule has 3 nitrogen and oxygen atoms in total. The number of hydrogen-bond acceptors (Lipinski definition) is 5. The number of ether oxygens (including phenoxy) is 1. The number of thiol groups is 1. The molecule has 1 heterocycles. The second kappa shape index (κ2) is 6.31. The van der Waals surface area contributed by atoms with E-state index in [0.717, 1.165) is 18.0 Å². The summed E-state index contributed by atoms with van der Waals surface area (Å²) in [7, 11) is 0. The van der Waals surface area contributed by atoms with Crippen LogP contribution in [0.1, 0.15) is 17.3 Å². The minimum absolute atomic E-state index is 0.0467. The number of morpholine rings is 1. The van der Waals surface area contributed by atoms with Gasteiger partial charge in [0, 0.05) is 23.5 Å². The average molecular weight is 297 g/mol. The molecule has 0 aliphatic carbocycles. The summed E-state index contributed by atoms with van der Waals surface area (Å²) in [6.07, 6.45) is 2.02. The molecule has 0 saturated carbocycles. The standard InChI is InChI=1S/C14H19NO2S2/c1-14(18,15-7-9-17-10-8-15)13(16)11-3-5-12(19-2)6-4-11/h3-6,18H,7-10H2,1-2H3. The number of benzene rings is 1. The van der Waals surface area contributed by atoms with E-state index in [2.05, 4.69) is 17.5 Å². The monoisotopic (exact) mass is 297 g/mol. The zero-order chi connectivity index (χ0) is 13.9. The van der Waals surface area contributed by atoms with Gasteiger partial charge in [-0.2, -0.15) is 0 Å². The summed E-state index contributed by atoms with van der Waals surface area (Å²) in [4.78, 5) is 15.1. The number of ketones is 1. The van der Waals surface area contributed by atoms with Crippen molar-refractivity contribution in [1.82, 2.24) is 4.90 Å². The van der Waals surface area contributed by atoms with Crippen LogP contribution in [0.5, 0.6) is 0 Å². The summed E-state index contributed by atoms with van der Waals surface area (Å²) in [5.41, 5.74) is 0.710. The van der Waals surface area contributed by atoms with Crippen molar-refractivity contribution in [2.45, 2.75) is 16.7 Å². The first kappa shape index (κ1) is 14.9. The van der Waals surface area contributed by atoms with Gasteiger partial charge in [-0.05, 0) is 25.3 Å². The van der Waals surface area contributed by atoms with Gasteiger partial charge in [0.2, 0.25) is 0 Å². The number of hydrogen-bond donors (Lipinski definition) is 1. The lowest BCUT2D eigenvalue weighted by Gasteiger charge is -2.38. The molecule has 104 valence electrons. The number of carbonyl (C=O) groups excluding carboxylic acids is 1. The molecular weight excluding hydrogens is 278 g/mol. The van der Waals surface area contributed by atoms with E-state index in [4.69, 9.17) is 4.74 Å². The minimum Gasteiger partial charge on any atom is -0.379 e. The number of Topliss-reactive ketones (excluding diaryl/α,β-unsaturated/α-hetero) is 1. The van der Waals surface area contributed by atoms with Crippen molar-refractivity contribution in [3.8, 4) is 0 Å². The first-order valence-corrected chi connectivity index (χ1v) is 7.97. The molecule has 1 atom stereocenters. The molecule has 0 amide bonds. The zero-order valence-electron chi connectivity index (χ0n) is 11.3. The van der Waals surface area contributed by atoms with Gasteiger partial charge in [0.25, 0.3) is 0 Å². The fraction of sp³-hybridized carbons (Fsp3) is 0.500. The first-order chi connectivity index (χ1) is 9.05. The van der Waals surface area contributed by atoms with Gasteiger partial charge >= 0.3 is 0 Å². The van der Waals surface area contributed by atoms with Crippen molar-refractivity contribution in [3.63, 3.8) is 0 Å². The Kier molecular flexibility index (Phi) is 4.95. The van der Waals surface area contributed by atoms with Gasteiger partial charge in [-0.3, -0.25) is 9.69 Å². The predicted octanol–water partition coefficient (Wildman–Crippen LogP) is 2.57. The molecule has 0 spiro atoms. The number of thioether (sulfide) groups is 1. The highest BCUT2D eigenvalue weighted by atomic mass is 32.2. The summed E-state index contributed by atoms with van der Waals surface area (Å²) in [5, 5.41) is 0. The SMILES string of the molecule is CSc1ccc(C(=O)C(C)(S)N2CCOCC2)cc1.